The van der Waals surface area contributed by atoms with Crippen LogP contribution in [0.2, 0.25) is 0 Å². The van der Waals surface area contributed by atoms with Crippen molar-refractivity contribution < 1.29 is 26.7 Å². The van der Waals surface area contributed by atoms with Crippen molar-refractivity contribution in [2.45, 2.75) is 44.9 Å². The lowest BCUT2D eigenvalue weighted by atomic mass is 9.87. The maximum atomic E-state index is 15.5. The lowest BCUT2D eigenvalue weighted by Gasteiger charge is -2.42. The molecule has 1 aliphatic rings. The second-order valence-corrected chi connectivity index (χ2v) is 9.31. The highest BCUT2D eigenvalue weighted by Crippen LogP contribution is 2.45. The van der Waals surface area contributed by atoms with E-state index in [1.807, 2.05) is 6.92 Å². The van der Waals surface area contributed by atoms with E-state index in [2.05, 4.69) is 6.58 Å². The van der Waals surface area contributed by atoms with Gasteiger partial charge in [-0.1, -0.05) is 24.8 Å². The summed E-state index contributed by atoms with van der Waals surface area (Å²) in [4.78, 5) is 1.69. The summed E-state index contributed by atoms with van der Waals surface area (Å²) in [7, 11) is 1.44. The number of furan rings is 1. The predicted molar refractivity (Wildman–Crippen MR) is 125 cm³/mol. The SMILES string of the molecule is C=C(/C=C/c1cc(F)c(C2c3oc4c(F)cccc4c3CC(C)N2CC(C)(C)F)c(F)c1)OC. The van der Waals surface area contributed by atoms with Crippen molar-refractivity contribution in [1.29, 1.82) is 0 Å². The van der Waals surface area contributed by atoms with Gasteiger partial charge in [0.2, 0.25) is 0 Å². The van der Waals surface area contributed by atoms with E-state index in [0.717, 1.165) is 0 Å². The molecule has 180 valence electrons. The number of alkyl halides is 1. The molecule has 0 saturated heterocycles. The van der Waals surface area contributed by atoms with Gasteiger partial charge in [0, 0.05) is 29.1 Å². The Morgan fingerprint density at radius 1 is 1.21 bits per heavy atom. The van der Waals surface area contributed by atoms with Crippen LogP contribution < -0.4 is 0 Å². The predicted octanol–water partition coefficient (Wildman–Crippen LogP) is 7.11. The fourth-order valence-electron chi connectivity index (χ4n) is 4.60. The Labute approximate surface area is 196 Å². The molecule has 0 radical (unpaired) electrons. The van der Waals surface area contributed by atoms with Gasteiger partial charge in [0.05, 0.1) is 7.11 Å². The lowest BCUT2D eigenvalue weighted by Crippen LogP contribution is -2.48. The number of para-hydroxylation sites is 1. The Bertz CT molecular complexity index is 1250. The number of hydrogen-bond acceptors (Lipinski definition) is 3. The number of halogens is 4. The number of nitrogens with zero attached hydrogens (tertiary/aromatic N) is 1. The molecule has 4 rings (SSSR count). The molecule has 34 heavy (non-hydrogen) atoms. The Balaban J connectivity index is 1.91. The van der Waals surface area contributed by atoms with Crippen LogP contribution in [0.1, 0.15) is 49.3 Å². The number of fused-ring (bicyclic) bond motifs is 3. The summed E-state index contributed by atoms with van der Waals surface area (Å²) >= 11 is 0. The minimum absolute atomic E-state index is 0.0320. The normalized spacial score (nSPS) is 19.1. The van der Waals surface area contributed by atoms with Gasteiger partial charge < -0.3 is 9.15 Å². The van der Waals surface area contributed by atoms with Gasteiger partial charge in [-0.15, -0.1) is 0 Å². The van der Waals surface area contributed by atoms with Crippen LogP contribution in [0.15, 0.2) is 53.2 Å². The molecule has 2 heterocycles. The molecular formula is C27H27F4NO2. The van der Waals surface area contributed by atoms with Crippen molar-refractivity contribution in [1.82, 2.24) is 4.90 Å². The molecule has 1 aromatic heterocycles. The number of ether oxygens (including phenoxy) is 1. The minimum atomic E-state index is -1.64. The van der Waals surface area contributed by atoms with Crippen LogP contribution in [0, 0.1) is 17.5 Å². The summed E-state index contributed by atoms with van der Waals surface area (Å²) < 4.78 is 71.2. The first kappa shape index (κ1) is 24.1. The zero-order valence-electron chi connectivity index (χ0n) is 19.6. The van der Waals surface area contributed by atoms with E-state index in [4.69, 9.17) is 9.15 Å². The van der Waals surface area contributed by atoms with E-state index in [1.54, 1.807) is 17.0 Å². The quantitative estimate of drug-likeness (QED) is 0.217. The van der Waals surface area contributed by atoms with Gasteiger partial charge in [-0.25, -0.2) is 17.6 Å². The lowest BCUT2D eigenvalue weighted by molar-refractivity contribution is 0.0572. The second-order valence-electron chi connectivity index (χ2n) is 9.31. The smallest absolute Gasteiger partial charge is 0.170 e. The number of methoxy groups -OCH3 is 1. The van der Waals surface area contributed by atoms with E-state index in [9.17, 15) is 8.78 Å². The molecule has 0 saturated carbocycles. The van der Waals surface area contributed by atoms with Crippen LogP contribution in [0.3, 0.4) is 0 Å². The highest BCUT2D eigenvalue weighted by Gasteiger charge is 2.42. The third kappa shape index (κ3) is 4.49. The Kier molecular flexibility index (Phi) is 6.34. The molecule has 3 aromatic rings. The molecule has 0 amide bonds. The molecular weight excluding hydrogens is 446 g/mol. The molecule has 0 N–H and O–H groups in total. The summed E-state index contributed by atoms with van der Waals surface area (Å²) in [5.41, 5.74) is -0.922. The third-order valence-corrected chi connectivity index (χ3v) is 6.10. The molecule has 2 atom stereocenters. The fourth-order valence-corrected chi connectivity index (χ4v) is 4.60. The van der Waals surface area contributed by atoms with Crippen LogP contribution in [0.25, 0.3) is 17.0 Å². The topological polar surface area (TPSA) is 25.6 Å². The van der Waals surface area contributed by atoms with Crippen molar-refractivity contribution in [3.05, 3.63) is 88.6 Å². The number of benzene rings is 2. The monoisotopic (exact) mass is 473 g/mol. The minimum Gasteiger partial charge on any atom is -0.497 e. The zero-order valence-corrected chi connectivity index (χ0v) is 19.6. The Hall–Kier alpha value is -3.06. The first-order chi connectivity index (χ1) is 16.0. The average Bonchev–Trinajstić information content (AvgIpc) is 3.12. The van der Waals surface area contributed by atoms with Gasteiger partial charge in [-0.05, 0) is 57.0 Å². The number of hydrogen-bond donors (Lipinski definition) is 0. The largest absolute Gasteiger partial charge is 0.497 e. The first-order valence-corrected chi connectivity index (χ1v) is 11.0. The Morgan fingerprint density at radius 3 is 2.50 bits per heavy atom. The molecule has 2 aromatic carbocycles. The van der Waals surface area contributed by atoms with Crippen LogP contribution in [-0.2, 0) is 11.2 Å². The molecule has 0 spiro atoms. The zero-order chi connectivity index (χ0) is 24.8. The molecule has 0 aliphatic carbocycles. The molecule has 0 fully saturated rings. The third-order valence-electron chi connectivity index (χ3n) is 6.10. The standard InChI is InChI=1S/C27H27F4NO2/c1-15-11-19-18-7-6-8-20(28)25(18)34-26(19)24(32(15)14-27(3,4)31)23-21(29)12-17(13-22(23)30)10-9-16(2)33-5/h6-10,12-13,15,24H,2,11,14H2,1,3-5H3/b10-9+. The van der Waals surface area contributed by atoms with Gasteiger partial charge in [0.25, 0.3) is 0 Å². The molecule has 3 nitrogen and oxygen atoms in total. The van der Waals surface area contributed by atoms with Crippen LogP contribution in [0.4, 0.5) is 17.6 Å². The van der Waals surface area contributed by atoms with E-state index in [0.29, 0.717) is 23.1 Å². The van der Waals surface area contributed by atoms with E-state index >= 15 is 8.78 Å². The Morgan fingerprint density at radius 2 is 1.88 bits per heavy atom. The second kappa shape index (κ2) is 8.95. The van der Waals surface area contributed by atoms with Crippen molar-refractivity contribution >= 4 is 17.0 Å². The molecule has 1 aliphatic heterocycles. The van der Waals surface area contributed by atoms with Crippen LogP contribution in [-0.4, -0.2) is 30.3 Å². The van der Waals surface area contributed by atoms with Gasteiger partial charge >= 0.3 is 0 Å². The highest BCUT2D eigenvalue weighted by atomic mass is 19.1. The summed E-state index contributed by atoms with van der Waals surface area (Å²) in [5, 5.41) is 0.560. The van der Waals surface area contributed by atoms with Gasteiger partial charge in [0.1, 0.15) is 34.9 Å². The fraction of sp³-hybridized carbons (Fsp3) is 0.333. The van der Waals surface area contributed by atoms with Crippen molar-refractivity contribution in [3.63, 3.8) is 0 Å². The van der Waals surface area contributed by atoms with E-state index in [1.165, 1.54) is 51.3 Å². The summed E-state index contributed by atoms with van der Waals surface area (Å²) in [6, 6.07) is 5.61. The van der Waals surface area contributed by atoms with Gasteiger partial charge in [-0.3, -0.25) is 4.90 Å². The first-order valence-electron chi connectivity index (χ1n) is 11.0. The van der Waals surface area contributed by atoms with Crippen molar-refractivity contribution in [2.75, 3.05) is 13.7 Å². The number of rotatable bonds is 6. The van der Waals surface area contributed by atoms with E-state index in [-0.39, 0.29) is 35.1 Å². The maximum Gasteiger partial charge on any atom is 0.170 e. The van der Waals surface area contributed by atoms with Gasteiger partial charge in [-0.2, -0.15) is 0 Å². The summed E-state index contributed by atoms with van der Waals surface area (Å²) in [6.45, 7) is 8.24. The molecule has 2 unspecified atom stereocenters. The summed E-state index contributed by atoms with van der Waals surface area (Å²) in [5.74, 6) is -1.62. The van der Waals surface area contributed by atoms with E-state index < -0.39 is 29.2 Å². The average molecular weight is 474 g/mol. The molecule has 7 heteroatoms. The van der Waals surface area contributed by atoms with Crippen molar-refractivity contribution in [3.8, 4) is 0 Å². The van der Waals surface area contributed by atoms with Crippen molar-refractivity contribution in [2.24, 2.45) is 0 Å². The molecule has 0 bridgehead atoms. The van der Waals surface area contributed by atoms with Gasteiger partial charge in [0.15, 0.2) is 11.4 Å². The maximum absolute atomic E-state index is 15.5. The number of allylic oxidation sites excluding steroid dienone is 1. The van der Waals surface area contributed by atoms with Crippen LogP contribution in [0.5, 0.6) is 0 Å². The highest BCUT2D eigenvalue weighted by molar-refractivity contribution is 5.83. The van der Waals surface area contributed by atoms with Crippen LogP contribution >= 0.6 is 0 Å². The summed E-state index contributed by atoms with van der Waals surface area (Å²) in [6.07, 6.45) is 3.41.